The molecule has 0 aliphatic carbocycles. The Hall–Kier alpha value is -3.66. The molecule has 0 aliphatic rings. The van der Waals surface area contributed by atoms with E-state index in [-0.39, 0.29) is 5.41 Å². The van der Waals surface area contributed by atoms with Crippen LogP contribution in [0.3, 0.4) is 0 Å². The maximum atomic E-state index is 5.67. The third kappa shape index (κ3) is 7.47. The largest absolute Gasteiger partial charge is 0.494 e. The summed E-state index contributed by atoms with van der Waals surface area (Å²) < 4.78 is 5.67. The fourth-order valence-corrected chi connectivity index (χ4v) is 4.75. The molecule has 3 rings (SSSR count). The molecule has 0 bridgehead atoms. The zero-order valence-electron chi connectivity index (χ0n) is 25.4. The second-order valence-electron chi connectivity index (χ2n) is 11.7. The van der Waals surface area contributed by atoms with Crippen molar-refractivity contribution < 1.29 is 4.74 Å². The first kappa shape index (κ1) is 29.9. The molecule has 0 spiro atoms. The summed E-state index contributed by atoms with van der Waals surface area (Å²) in [6.45, 7) is 19.7. The van der Waals surface area contributed by atoms with Crippen LogP contribution in [0.1, 0.15) is 85.3 Å². The van der Waals surface area contributed by atoms with Crippen LogP contribution < -0.4 is 10.1 Å². The Bertz CT molecular complexity index is 1370. The Labute approximate surface area is 236 Å². The molecule has 3 aromatic rings. The predicted molar refractivity (Wildman–Crippen MR) is 170 cm³/mol. The molecule has 0 saturated heterocycles. The van der Waals surface area contributed by atoms with E-state index in [0.717, 1.165) is 45.5 Å². The van der Waals surface area contributed by atoms with Gasteiger partial charge in [-0.3, -0.25) is 4.99 Å². The normalized spacial score (nSPS) is 13.5. The Balaban J connectivity index is 2.32. The van der Waals surface area contributed by atoms with Gasteiger partial charge >= 0.3 is 0 Å². The van der Waals surface area contributed by atoms with E-state index >= 15 is 0 Å². The number of para-hydroxylation sites is 4. The standard InChI is InChI=1S/C35H45N3O/c1-23(2)27-17-11-13-19-29(27)36-25(5)33(26(6)37-30-20-14-12-18-28(30)24(3)4)34(35(7,8)9)38-31-21-15-16-22-32(31)39-10/h11-24,36H,1-10H3/b33-25+,37-26?,38-34?. The predicted octanol–water partition coefficient (Wildman–Crippen LogP) is 10.2. The average molecular weight is 524 g/mol. The topological polar surface area (TPSA) is 46.0 Å². The third-order valence-corrected chi connectivity index (χ3v) is 6.75. The van der Waals surface area contributed by atoms with Crippen molar-refractivity contribution in [1.82, 2.24) is 0 Å². The van der Waals surface area contributed by atoms with E-state index < -0.39 is 0 Å². The molecule has 0 heterocycles. The molecule has 39 heavy (non-hydrogen) atoms. The number of nitrogens with zero attached hydrogens (tertiary/aromatic N) is 2. The van der Waals surface area contributed by atoms with Crippen LogP contribution in [-0.4, -0.2) is 18.5 Å². The lowest BCUT2D eigenvalue weighted by molar-refractivity contribution is 0.416. The molecule has 0 fully saturated rings. The maximum Gasteiger partial charge on any atom is 0.144 e. The summed E-state index contributed by atoms with van der Waals surface area (Å²) in [7, 11) is 1.69. The number of anilines is 1. The fraction of sp³-hybridized carbons (Fsp3) is 0.371. The van der Waals surface area contributed by atoms with Crippen LogP contribution >= 0.6 is 0 Å². The Morgan fingerprint density at radius 1 is 0.718 bits per heavy atom. The van der Waals surface area contributed by atoms with Crippen molar-refractivity contribution in [2.75, 3.05) is 12.4 Å². The number of methoxy groups -OCH3 is 1. The van der Waals surface area contributed by atoms with Gasteiger partial charge in [0.1, 0.15) is 11.4 Å². The molecule has 0 radical (unpaired) electrons. The Morgan fingerprint density at radius 2 is 1.26 bits per heavy atom. The molecular formula is C35H45N3O. The number of aliphatic imine (C=N–C) groups is 2. The third-order valence-electron chi connectivity index (χ3n) is 6.75. The van der Waals surface area contributed by atoms with Gasteiger partial charge in [-0.25, -0.2) is 4.99 Å². The van der Waals surface area contributed by atoms with E-state index in [2.05, 4.69) is 116 Å². The van der Waals surface area contributed by atoms with E-state index in [0.29, 0.717) is 11.8 Å². The van der Waals surface area contributed by atoms with Crippen molar-refractivity contribution in [2.24, 2.45) is 15.4 Å². The zero-order valence-corrected chi connectivity index (χ0v) is 25.4. The molecule has 0 unspecified atom stereocenters. The molecule has 0 aliphatic heterocycles. The van der Waals surface area contributed by atoms with Crippen molar-refractivity contribution in [3.05, 3.63) is 95.2 Å². The van der Waals surface area contributed by atoms with Crippen molar-refractivity contribution in [3.8, 4) is 5.75 Å². The average Bonchev–Trinajstić information content (AvgIpc) is 2.88. The number of nitrogens with one attached hydrogen (secondary N) is 1. The quantitative estimate of drug-likeness (QED) is 0.284. The summed E-state index contributed by atoms with van der Waals surface area (Å²) in [5.74, 6) is 1.50. The van der Waals surface area contributed by atoms with E-state index in [1.54, 1.807) is 7.11 Å². The van der Waals surface area contributed by atoms with E-state index in [1.165, 1.54) is 11.1 Å². The zero-order chi connectivity index (χ0) is 28.7. The van der Waals surface area contributed by atoms with Crippen LogP contribution in [-0.2, 0) is 0 Å². The summed E-state index contributed by atoms with van der Waals surface area (Å²) in [5, 5.41) is 3.75. The van der Waals surface area contributed by atoms with Crippen LogP contribution in [0.15, 0.2) is 94.1 Å². The molecule has 0 amide bonds. The Kier molecular flexibility index (Phi) is 9.91. The summed E-state index contributed by atoms with van der Waals surface area (Å²) in [6, 6.07) is 24.8. The highest BCUT2D eigenvalue weighted by Gasteiger charge is 2.27. The lowest BCUT2D eigenvalue weighted by Crippen LogP contribution is -2.28. The van der Waals surface area contributed by atoms with Gasteiger partial charge in [0.2, 0.25) is 0 Å². The molecule has 0 atom stereocenters. The summed E-state index contributed by atoms with van der Waals surface area (Å²) in [5.41, 5.74) is 8.99. The summed E-state index contributed by atoms with van der Waals surface area (Å²) >= 11 is 0. The van der Waals surface area contributed by atoms with Gasteiger partial charge in [0.15, 0.2) is 0 Å². The molecule has 4 nitrogen and oxygen atoms in total. The van der Waals surface area contributed by atoms with Gasteiger partial charge in [-0.05, 0) is 61.1 Å². The minimum absolute atomic E-state index is 0.273. The first-order chi connectivity index (χ1) is 18.4. The first-order valence-corrected chi connectivity index (χ1v) is 13.9. The van der Waals surface area contributed by atoms with Crippen LogP contribution in [0, 0.1) is 5.41 Å². The van der Waals surface area contributed by atoms with Gasteiger partial charge in [0, 0.05) is 28.1 Å². The van der Waals surface area contributed by atoms with E-state index in [9.17, 15) is 0 Å². The maximum absolute atomic E-state index is 5.67. The molecule has 4 heteroatoms. The summed E-state index contributed by atoms with van der Waals surface area (Å²) in [4.78, 5) is 10.5. The Morgan fingerprint density at radius 3 is 1.85 bits per heavy atom. The SMILES string of the molecule is COc1ccccc1N=C(/C(C(C)=Nc1ccccc1C(C)C)=C(\C)Nc1ccccc1C(C)C)C(C)(C)C. The molecule has 206 valence electrons. The van der Waals surface area contributed by atoms with Crippen LogP contribution in [0.25, 0.3) is 0 Å². The van der Waals surface area contributed by atoms with Gasteiger partial charge in [-0.2, -0.15) is 0 Å². The van der Waals surface area contributed by atoms with Crippen LogP contribution in [0.4, 0.5) is 17.1 Å². The molecular weight excluding hydrogens is 478 g/mol. The monoisotopic (exact) mass is 523 g/mol. The number of hydrogen-bond donors (Lipinski definition) is 1. The highest BCUT2D eigenvalue weighted by molar-refractivity contribution is 6.27. The second kappa shape index (κ2) is 12.9. The van der Waals surface area contributed by atoms with E-state index in [4.69, 9.17) is 14.7 Å². The number of ether oxygens (including phenoxy) is 1. The minimum atomic E-state index is -0.273. The number of allylic oxidation sites excluding steroid dienone is 2. The lowest BCUT2D eigenvalue weighted by atomic mass is 9.82. The number of hydrogen-bond acceptors (Lipinski definition) is 4. The lowest BCUT2D eigenvalue weighted by Gasteiger charge is -2.27. The highest BCUT2D eigenvalue weighted by atomic mass is 16.5. The van der Waals surface area contributed by atoms with Gasteiger partial charge in [-0.1, -0.05) is 97.0 Å². The molecule has 0 saturated carbocycles. The highest BCUT2D eigenvalue weighted by Crippen LogP contribution is 2.35. The van der Waals surface area contributed by atoms with Gasteiger partial charge in [0.05, 0.1) is 18.5 Å². The van der Waals surface area contributed by atoms with Gasteiger partial charge in [-0.15, -0.1) is 0 Å². The van der Waals surface area contributed by atoms with Gasteiger partial charge < -0.3 is 10.1 Å². The first-order valence-electron chi connectivity index (χ1n) is 13.9. The smallest absolute Gasteiger partial charge is 0.144 e. The molecule has 1 N–H and O–H groups in total. The fourth-order valence-electron chi connectivity index (χ4n) is 4.75. The minimum Gasteiger partial charge on any atom is -0.494 e. The van der Waals surface area contributed by atoms with Crippen molar-refractivity contribution in [3.63, 3.8) is 0 Å². The number of rotatable bonds is 9. The molecule has 3 aromatic carbocycles. The summed E-state index contributed by atoms with van der Waals surface area (Å²) in [6.07, 6.45) is 0. The van der Waals surface area contributed by atoms with Crippen LogP contribution in [0.5, 0.6) is 5.75 Å². The second-order valence-corrected chi connectivity index (χ2v) is 11.7. The van der Waals surface area contributed by atoms with Crippen molar-refractivity contribution in [2.45, 2.75) is 74.1 Å². The van der Waals surface area contributed by atoms with E-state index in [1.807, 2.05) is 24.3 Å². The van der Waals surface area contributed by atoms with Crippen molar-refractivity contribution >= 4 is 28.5 Å². The van der Waals surface area contributed by atoms with Crippen LogP contribution in [0.2, 0.25) is 0 Å². The molecule has 0 aromatic heterocycles. The van der Waals surface area contributed by atoms with Gasteiger partial charge in [0.25, 0.3) is 0 Å². The van der Waals surface area contributed by atoms with Crippen molar-refractivity contribution in [1.29, 1.82) is 0 Å². The number of benzene rings is 3.